The minimum Gasteiger partial charge on any atom is -0.392 e. The minimum absolute atomic E-state index is 0.0197. The molecule has 0 saturated carbocycles. The Kier molecular flexibility index (Phi) is 4.35. The second-order valence-corrected chi connectivity index (χ2v) is 3.93. The second kappa shape index (κ2) is 5.32. The van der Waals surface area contributed by atoms with Crippen LogP contribution >= 0.6 is 0 Å². The Morgan fingerprint density at radius 2 is 2.43 bits per heavy atom. The van der Waals surface area contributed by atoms with Gasteiger partial charge in [0.15, 0.2) is 0 Å². The highest BCUT2D eigenvalue weighted by Crippen LogP contribution is 2.11. The van der Waals surface area contributed by atoms with Gasteiger partial charge in [-0.25, -0.2) is 0 Å². The van der Waals surface area contributed by atoms with Gasteiger partial charge in [-0.05, 0) is 26.3 Å². The van der Waals surface area contributed by atoms with Crippen molar-refractivity contribution in [2.75, 3.05) is 19.6 Å². The molecular formula is C10H20N2O2. The number of amides is 1. The first-order valence-corrected chi connectivity index (χ1v) is 5.35. The lowest BCUT2D eigenvalue weighted by atomic mass is 10.2. The average molecular weight is 200 g/mol. The first kappa shape index (κ1) is 11.5. The zero-order valence-corrected chi connectivity index (χ0v) is 8.99. The van der Waals surface area contributed by atoms with Crippen LogP contribution < -0.4 is 5.32 Å². The summed E-state index contributed by atoms with van der Waals surface area (Å²) in [7, 11) is 0. The number of aliphatic hydroxyl groups is 1. The monoisotopic (exact) mass is 200 g/mol. The first-order chi connectivity index (χ1) is 6.65. The van der Waals surface area contributed by atoms with Gasteiger partial charge in [-0.2, -0.15) is 0 Å². The first-order valence-electron chi connectivity index (χ1n) is 5.35. The van der Waals surface area contributed by atoms with Crippen molar-refractivity contribution < 1.29 is 9.90 Å². The number of rotatable bonds is 5. The Morgan fingerprint density at radius 1 is 1.71 bits per heavy atom. The molecule has 4 nitrogen and oxygen atoms in total. The smallest absolute Gasteiger partial charge is 0.239 e. The normalized spacial score (nSPS) is 24.4. The summed E-state index contributed by atoms with van der Waals surface area (Å²) in [5, 5.41) is 12.4. The van der Waals surface area contributed by atoms with Crippen molar-refractivity contribution in [3.8, 4) is 0 Å². The molecule has 0 aromatic heterocycles. The third-order valence-corrected chi connectivity index (χ3v) is 2.42. The lowest BCUT2D eigenvalue weighted by Crippen LogP contribution is -2.40. The van der Waals surface area contributed by atoms with E-state index in [4.69, 9.17) is 0 Å². The van der Waals surface area contributed by atoms with Gasteiger partial charge < -0.3 is 15.3 Å². The number of nitrogens with zero attached hydrogens (tertiary/aromatic N) is 1. The number of hydrogen-bond acceptors (Lipinski definition) is 3. The van der Waals surface area contributed by atoms with Gasteiger partial charge in [0.05, 0.1) is 12.1 Å². The molecule has 82 valence electrons. The van der Waals surface area contributed by atoms with Crippen molar-refractivity contribution in [3.63, 3.8) is 0 Å². The molecule has 2 unspecified atom stereocenters. The van der Waals surface area contributed by atoms with Crippen LogP contribution in [0.15, 0.2) is 0 Å². The van der Waals surface area contributed by atoms with Crippen LogP contribution in [0.3, 0.4) is 0 Å². The zero-order chi connectivity index (χ0) is 10.6. The van der Waals surface area contributed by atoms with Crippen molar-refractivity contribution in [1.82, 2.24) is 10.2 Å². The highest BCUT2D eigenvalue weighted by Gasteiger charge is 2.31. The van der Waals surface area contributed by atoms with Crippen LogP contribution in [0.5, 0.6) is 0 Å². The molecule has 0 spiro atoms. The molecule has 0 aliphatic carbocycles. The summed E-state index contributed by atoms with van der Waals surface area (Å²) in [6, 6.07) is -0.0197. The molecule has 1 saturated heterocycles. The molecule has 2 atom stereocenters. The van der Waals surface area contributed by atoms with Gasteiger partial charge >= 0.3 is 0 Å². The quantitative estimate of drug-likeness (QED) is 0.655. The van der Waals surface area contributed by atoms with E-state index in [9.17, 15) is 9.90 Å². The largest absolute Gasteiger partial charge is 0.392 e. The summed E-state index contributed by atoms with van der Waals surface area (Å²) < 4.78 is 0. The molecular weight excluding hydrogens is 180 g/mol. The van der Waals surface area contributed by atoms with Crippen LogP contribution in [0.2, 0.25) is 0 Å². The molecule has 1 amide bonds. The Morgan fingerprint density at radius 3 is 3.00 bits per heavy atom. The van der Waals surface area contributed by atoms with Gasteiger partial charge in [0.25, 0.3) is 0 Å². The summed E-state index contributed by atoms with van der Waals surface area (Å²) in [6.45, 7) is 5.91. The van der Waals surface area contributed by atoms with Crippen LogP contribution in [-0.2, 0) is 4.79 Å². The molecule has 1 fully saturated rings. The number of aliphatic hydroxyl groups excluding tert-OH is 1. The highest BCUT2D eigenvalue weighted by atomic mass is 16.3. The van der Waals surface area contributed by atoms with E-state index in [1.807, 2.05) is 0 Å². The summed E-state index contributed by atoms with van der Waals surface area (Å²) in [5.41, 5.74) is 0. The Bertz CT molecular complexity index is 195. The molecule has 0 aromatic carbocycles. The molecule has 1 heterocycles. The van der Waals surface area contributed by atoms with Gasteiger partial charge in [0, 0.05) is 13.1 Å². The highest BCUT2D eigenvalue weighted by molar-refractivity contribution is 5.83. The molecule has 0 aromatic rings. The van der Waals surface area contributed by atoms with E-state index in [2.05, 4.69) is 12.2 Å². The summed E-state index contributed by atoms with van der Waals surface area (Å²) >= 11 is 0. The molecule has 1 aliphatic heterocycles. The maximum Gasteiger partial charge on any atom is 0.239 e. The fourth-order valence-corrected chi connectivity index (χ4v) is 1.75. The van der Waals surface area contributed by atoms with Crippen molar-refractivity contribution in [2.24, 2.45) is 0 Å². The summed E-state index contributed by atoms with van der Waals surface area (Å²) in [4.78, 5) is 13.4. The van der Waals surface area contributed by atoms with E-state index in [-0.39, 0.29) is 11.9 Å². The van der Waals surface area contributed by atoms with Crippen LogP contribution in [0.4, 0.5) is 0 Å². The lowest BCUT2D eigenvalue weighted by Gasteiger charge is -2.18. The molecule has 0 bridgehead atoms. The zero-order valence-electron chi connectivity index (χ0n) is 8.99. The number of carbonyl (C=O) groups is 1. The predicted octanol–water partition coefficient (Wildman–Crippen LogP) is -0.0323. The van der Waals surface area contributed by atoms with E-state index in [0.717, 1.165) is 25.9 Å². The van der Waals surface area contributed by atoms with Crippen LogP contribution in [0.25, 0.3) is 0 Å². The third-order valence-electron chi connectivity index (χ3n) is 2.42. The van der Waals surface area contributed by atoms with E-state index >= 15 is 0 Å². The van der Waals surface area contributed by atoms with Crippen LogP contribution in [0.1, 0.15) is 26.7 Å². The Hall–Kier alpha value is -0.610. The minimum atomic E-state index is -0.427. The molecule has 0 radical (unpaired) electrons. The Balaban J connectivity index is 2.35. The summed E-state index contributed by atoms with van der Waals surface area (Å²) in [6.07, 6.45) is 1.48. The third kappa shape index (κ3) is 2.96. The van der Waals surface area contributed by atoms with Crippen molar-refractivity contribution >= 4 is 5.91 Å². The predicted molar refractivity (Wildman–Crippen MR) is 55.0 cm³/mol. The molecule has 2 N–H and O–H groups in total. The fraction of sp³-hybridized carbons (Fsp3) is 0.900. The van der Waals surface area contributed by atoms with Gasteiger partial charge in [-0.1, -0.05) is 6.92 Å². The van der Waals surface area contributed by atoms with Crippen LogP contribution in [-0.4, -0.2) is 47.7 Å². The maximum atomic E-state index is 11.7. The standard InChI is InChI=1S/C10H20N2O2/c1-3-5-11-9-4-6-12(10(9)14)7-8(2)13/h8-9,11,13H,3-7H2,1-2H3. The van der Waals surface area contributed by atoms with Gasteiger partial charge in [0.1, 0.15) is 0 Å². The van der Waals surface area contributed by atoms with E-state index in [1.54, 1.807) is 11.8 Å². The van der Waals surface area contributed by atoms with Crippen molar-refractivity contribution in [1.29, 1.82) is 0 Å². The SMILES string of the molecule is CCCNC1CCN(CC(C)O)C1=O. The van der Waals surface area contributed by atoms with Crippen LogP contribution in [0, 0.1) is 0 Å². The number of hydrogen-bond donors (Lipinski definition) is 2. The number of β-amino-alcohol motifs (C(OH)–C–C–N with tert-alkyl or cyclic N) is 1. The van der Waals surface area contributed by atoms with Gasteiger partial charge in [0.2, 0.25) is 5.91 Å². The topological polar surface area (TPSA) is 52.6 Å². The maximum absolute atomic E-state index is 11.7. The second-order valence-electron chi connectivity index (χ2n) is 3.93. The molecule has 1 aliphatic rings. The fourth-order valence-electron chi connectivity index (χ4n) is 1.75. The molecule has 14 heavy (non-hydrogen) atoms. The van der Waals surface area contributed by atoms with Crippen molar-refractivity contribution in [3.05, 3.63) is 0 Å². The number of nitrogens with one attached hydrogen (secondary N) is 1. The Labute approximate surface area is 85.3 Å². The van der Waals surface area contributed by atoms with E-state index in [1.165, 1.54) is 0 Å². The van der Waals surface area contributed by atoms with Gasteiger partial charge in [-0.3, -0.25) is 4.79 Å². The lowest BCUT2D eigenvalue weighted by molar-refractivity contribution is -0.130. The van der Waals surface area contributed by atoms with Crippen molar-refractivity contribution in [2.45, 2.75) is 38.8 Å². The van der Waals surface area contributed by atoms with E-state index < -0.39 is 6.10 Å². The number of likely N-dealkylation sites (tertiary alicyclic amines) is 1. The summed E-state index contributed by atoms with van der Waals surface area (Å²) in [5.74, 6) is 0.138. The van der Waals surface area contributed by atoms with E-state index in [0.29, 0.717) is 6.54 Å². The molecule has 1 rings (SSSR count). The van der Waals surface area contributed by atoms with Gasteiger partial charge in [-0.15, -0.1) is 0 Å². The average Bonchev–Trinajstić information content (AvgIpc) is 2.45. The molecule has 4 heteroatoms. The number of carbonyl (C=O) groups excluding carboxylic acids is 1.